The maximum Gasteiger partial charge on any atom is 0.326 e. The number of hydrogen-bond acceptors (Lipinski definition) is 6. The zero-order valence-electron chi connectivity index (χ0n) is 17.8. The minimum Gasteiger partial charge on any atom is -0.454 e. The van der Waals surface area contributed by atoms with Crippen molar-refractivity contribution in [1.29, 1.82) is 0 Å². The molecule has 0 radical (unpaired) electrons. The predicted molar refractivity (Wildman–Crippen MR) is 105 cm³/mol. The average molecular weight is 406 g/mol. The van der Waals surface area contributed by atoms with Crippen LogP contribution in [-0.4, -0.2) is 53.1 Å². The summed E-state index contributed by atoms with van der Waals surface area (Å²) in [6.45, 7) is 9.00. The zero-order chi connectivity index (χ0) is 21.6. The van der Waals surface area contributed by atoms with Crippen LogP contribution in [0.4, 0.5) is 4.79 Å². The van der Waals surface area contributed by atoms with Crippen molar-refractivity contribution >= 4 is 29.5 Å². The molecule has 0 aromatic heterocycles. The number of esters is 1. The topological polar surface area (TPSA) is 117 Å². The molecule has 4 amide bonds. The zero-order valence-corrected chi connectivity index (χ0v) is 17.8. The minimum atomic E-state index is -1.02. The Morgan fingerprint density at radius 2 is 1.97 bits per heavy atom. The standard InChI is InChI=1S/C20H30N4O5/c1-6-20(5)16(27)24(17(28)21-20)10-15(26)29-11-14(25)23-22-13-9-12-7-8-19(13,4)18(12,2)3/h12H,6-11H2,1-5H3,(H,21,28)(H,23,25)/b22-13+. The van der Waals surface area contributed by atoms with Crippen LogP contribution in [0.3, 0.4) is 0 Å². The third kappa shape index (κ3) is 3.40. The number of carbonyl (C=O) groups excluding carboxylic acids is 4. The number of ether oxygens (including phenoxy) is 1. The number of rotatable bonds is 6. The smallest absolute Gasteiger partial charge is 0.326 e. The van der Waals surface area contributed by atoms with Gasteiger partial charge in [0.15, 0.2) is 6.61 Å². The van der Waals surface area contributed by atoms with E-state index in [1.54, 1.807) is 13.8 Å². The summed E-state index contributed by atoms with van der Waals surface area (Å²) in [7, 11) is 0. The highest BCUT2D eigenvalue weighted by atomic mass is 16.5. The number of hydrogen-bond donors (Lipinski definition) is 2. The van der Waals surface area contributed by atoms with Gasteiger partial charge in [-0.1, -0.05) is 27.7 Å². The van der Waals surface area contributed by atoms with Crippen LogP contribution in [0.1, 0.15) is 60.3 Å². The van der Waals surface area contributed by atoms with Crippen LogP contribution in [0, 0.1) is 16.7 Å². The molecule has 3 aliphatic rings. The lowest BCUT2D eigenvalue weighted by atomic mass is 9.70. The summed E-state index contributed by atoms with van der Waals surface area (Å²) in [6.07, 6.45) is 3.50. The van der Waals surface area contributed by atoms with E-state index in [2.05, 4.69) is 36.6 Å². The first-order chi connectivity index (χ1) is 13.4. The fourth-order valence-electron chi connectivity index (χ4n) is 4.71. The van der Waals surface area contributed by atoms with Crippen LogP contribution in [0.2, 0.25) is 0 Å². The number of fused-ring (bicyclic) bond motifs is 2. The molecule has 2 saturated carbocycles. The second-order valence-corrected chi connectivity index (χ2v) is 9.25. The van der Waals surface area contributed by atoms with E-state index in [1.165, 1.54) is 6.42 Å². The molecule has 2 N–H and O–H groups in total. The molecule has 0 aromatic rings. The highest BCUT2D eigenvalue weighted by molar-refractivity contribution is 6.08. The molecule has 2 aliphatic carbocycles. The SMILES string of the molecule is CCC1(C)NC(=O)N(CC(=O)OCC(=O)N/N=C2\CC3CCC2(C)C3(C)C)C1=O. The van der Waals surface area contributed by atoms with Gasteiger partial charge in [0.25, 0.3) is 11.8 Å². The molecule has 9 nitrogen and oxygen atoms in total. The quantitative estimate of drug-likeness (QED) is 0.394. The lowest BCUT2D eigenvalue weighted by molar-refractivity contribution is -0.151. The van der Waals surface area contributed by atoms with Gasteiger partial charge in [0.05, 0.1) is 0 Å². The van der Waals surface area contributed by atoms with E-state index in [-0.39, 0.29) is 10.8 Å². The molecule has 3 fully saturated rings. The first kappa shape index (κ1) is 21.3. The fraction of sp³-hybridized carbons (Fsp3) is 0.750. The lowest BCUT2D eigenvalue weighted by Crippen LogP contribution is -2.43. The van der Waals surface area contributed by atoms with E-state index >= 15 is 0 Å². The fourth-order valence-corrected chi connectivity index (χ4v) is 4.71. The van der Waals surface area contributed by atoms with E-state index in [4.69, 9.17) is 4.74 Å². The number of nitrogens with one attached hydrogen (secondary N) is 2. The number of hydrazone groups is 1. The Morgan fingerprint density at radius 3 is 2.48 bits per heavy atom. The molecule has 29 heavy (non-hydrogen) atoms. The number of carbonyl (C=O) groups is 4. The molecular formula is C20H30N4O5. The predicted octanol–water partition coefficient (Wildman–Crippen LogP) is 1.57. The molecule has 3 rings (SSSR count). The van der Waals surface area contributed by atoms with E-state index in [9.17, 15) is 19.2 Å². The van der Waals surface area contributed by atoms with E-state index < -0.39 is 42.5 Å². The summed E-state index contributed by atoms with van der Waals surface area (Å²) in [6, 6.07) is -0.640. The number of nitrogens with zero attached hydrogens (tertiary/aromatic N) is 2. The van der Waals surface area contributed by atoms with Crippen molar-refractivity contribution in [2.45, 2.75) is 65.8 Å². The molecule has 2 bridgehead atoms. The van der Waals surface area contributed by atoms with Crippen molar-refractivity contribution in [3.63, 3.8) is 0 Å². The van der Waals surface area contributed by atoms with Gasteiger partial charge < -0.3 is 10.1 Å². The maximum atomic E-state index is 12.3. The molecule has 1 aliphatic heterocycles. The van der Waals surface area contributed by atoms with Crippen LogP contribution in [0.5, 0.6) is 0 Å². The molecule has 9 heteroatoms. The van der Waals surface area contributed by atoms with Crippen molar-refractivity contribution < 1.29 is 23.9 Å². The first-order valence-electron chi connectivity index (χ1n) is 10.1. The van der Waals surface area contributed by atoms with Gasteiger partial charge in [-0.2, -0.15) is 5.10 Å². The van der Waals surface area contributed by atoms with Crippen LogP contribution >= 0.6 is 0 Å². The van der Waals surface area contributed by atoms with Gasteiger partial charge in [-0.3, -0.25) is 19.3 Å². The number of urea groups is 1. The first-order valence-corrected chi connectivity index (χ1v) is 10.1. The second kappa shape index (κ2) is 7.11. The van der Waals surface area contributed by atoms with Crippen LogP contribution in [0.25, 0.3) is 0 Å². The molecule has 0 aromatic carbocycles. The maximum absolute atomic E-state index is 12.3. The van der Waals surface area contributed by atoms with E-state index in [0.29, 0.717) is 12.3 Å². The van der Waals surface area contributed by atoms with Crippen LogP contribution in [0.15, 0.2) is 5.10 Å². The van der Waals surface area contributed by atoms with Crippen molar-refractivity contribution in [1.82, 2.24) is 15.6 Å². The van der Waals surface area contributed by atoms with Gasteiger partial charge in [-0.15, -0.1) is 0 Å². The lowest BCUT2D eigenvalue weighted by Gasteiger charge is -2.34. The monoisotopic (exact) mass is 406 g/mol. The summed E-state index contributed by atoms with van der Waals surface area (Å²) in [5.74, 6) is -1.29. The highest BCUT2D eigenvalue weighted by Gasteiger charge is 2.60. The van der Waals surface area contributed by atoms with E-state index in [0.717, 1.165) is 23.5 Å². The molecule has 3 atom stereocenters. The Hall–Kier alpha value is -2.45. The highest BCUT2D eigenvalue weighted by Crippen LogP contribution is 2.63. The van der Waals surface area contributed by atoms with Crippen LogP contribution in [-0.2, 0) is 19.1 Å². The summed E-state index contributed by atoms with van der Waals surface area (Å²) in [5, 5.41) is 6.86. The largest absolute Gasteiger partial charge is 0.454 e. The van der Waals surface area contributed by atoms with Crippen LogP contribution < -0.4 is 10.7 Å². The van der Waals surface area contributed by atoms with Gasteiger partial charge in [-0.05, 0) is 43.9 Å². The van der Waals surface area contributed by atoms with Gasteiger partial charge in [0, 0.05) is 11.1 Å². The molecule has 160 valence electrons. The van der Waals surface area contributed by atoms with Crippen molar-refractivity contribution in [2.24, 2.45) is 21.8 Å². The Kier molecular flexibility index (Phi) is 5.21. The Bertz CT molecular complexity index is 792. The summed E-state index contributed by atoms with van der Waals surface area (Å²) in [5.41, 5.74) is 2.56. The minimum absolute atomic E-state index is 0.0307. The molecule has 3 unspecified atom stereocenters. The van der Waals surface area contributed by atoms with Crippen molar-refractivity contribution in [3.8, 4) is 0 Å². The Balaban J connectivity index is 1.49. The van der Waals surface area contributed by atoms with E-state index in [1.807, 2.05) is 0 Å². The summed E-state index contributed by atoms with van der Waals surface area (Å²) in [4.78, 5) is 49.0. The Labute approximate surface area is 170 Å². The molecular weight excluding hydrogens is 376 g/mol. The molecule has 1 saturated heterocycles. The summed E-state index contributed by atoms with van der Waals surface area (Å²) >= 11 is 0. The van der Waals surface area contributed by atoms with Crippen molar-refractivity contribution in [3.05, 3.63) is 0 Å². The summed E-state index contributed by atoms with van der Waals surface area (Å²) < 4.78 is 4.91. The number of amides is 4. The normalized spacial score (nSPS) is 33.9. The van der Waals surface area contributed by atoms with Gasteiger partial charge >= 0.3 is 12.0 Å². The number of imide groups is 1. The molecule has 1 heterocycles. The second-order valence-electron chi connectivity index (χ2n) is 9.25. The van der Waals surface area contributed by atoms with Crippen molar-refractivity contribution in [2.75, 3.05) is 13.2 Å². The average Bonchev–Trinajstić information content (AvgIpc) is 3.10. The van der Waals surface area contributed by atoms with Gasteiger partial charge in [0.2, 0.25) is 0 Å². The van der Waals surface area contributed by atoms with Gasteiger partial charge in [-0.25, -0.2) is 10.2 Å². The Morgan fingerprint density at radius 1 is 1.28 bits per heavy atom. The third-order valence-corrected chi connectivity index (χ3v) is 7.53. The third-order valence-electron chi connectivity index (χ3n) is 7.53. The van der Waals surface area contributed by atoms with Gasteiger partial charge in [0.1, 0.15) is 12.1 Å². The molecule has 0 spiro atoms.